The number of carbonyl (C=O) groups excluding carboxylic acids is 1. The van der Waals surface area contributed by atoms with E-state index >= 15 is 0 Å². The number of aliphatic carboxylic acids is 1. The quantitative estimate of drug-likeness (QED) is 0.242. The number of benzene rings is 1. The molecule has 0 aliphatic carbocycles. The standard InChI is InChI=1S/C20H21FN4O2.C2HF3O2/c1-20(22,11-6-2-3-9-18(26)16-10-12-27-25-16)19-23-13-17(24-19)14-7-4-5-8-15(14)21;3-2(4,5)1(6)7/h2,4-8,10,12-13H,3,9,11,22H2,1H3,(H,23,24);(H,6,7)/b6-2+;/t20-;/m0./s1. The summed E-state index contributed by atoms with van der Waals surface area (Å²) in [5.41, 5.74) is 6.90. The Bertz CT molecular complexity index is 1120. The summed E-state index contributed by atoms with van der Waals surface area (Å²) in [6.45, 7) is 1.85. The Hall–Kier alpha value is -3.80. The van der Waals surface area contributed by atoms with Gasteiger partial charge in [0.2, 0.25) is 0 Å². The summed E-state index contributed by atoms with van der Waals surface area (Å²) < 4.78 is 50.3. The number of nitrogens with zero attached hydrogens (tertiary/aromatic N) is 2. The lowest BCUT2D eigenvalue weighted by molar-refractivity contribution is -0.192. The molecular weight excluding hydrogens is 460 g/mol. The van der Waals surface area contributed by atoms with Gasteiger partial charge in [-0.1, -0.05) is 29.4 Å². The summed E-state index contributed by atoms with van der Waals surface area (Å²) in [4.78, 5) is 28.2. The lowest BCUT2D eigenvalue weighted by Crippen LogP contribution is -2.33. The molecule has 12 heteroatoms. The average molecular weight is 482 g/mol. The molecule has 34 heavy (non-hydrogen) atoms. The van der Waals surface area contributed by atoms with Gasteiger partial charge in [0, 0.05) is 24.2 Å². The Morgan fingerprint density at radius 2 is 1.88 bits per heavy atom. The predicted molar refractivity (Wildman–Crippen MR) is 113 cm³/mol. The van der Waals surface area contributed by atoms with Gasteiger partial charge in [0.15, 0.2) is 5.78 Å². The van der Waals surface area contributed by atoms with Crippen LogP contribution in [0.25, 0.3) is 11.3 Å². The number of carbonyl (C=O) groups is 2. The highest BCUT2D eigenvalue weighted by atomic mass is 19.4. The number of carboxylic acid groups (broad SMARTS) is 1. The number of rotatable bonds is 8. The maximum absolute atomic E-state index is 13.9. The number of hydrogen-bond acceptors (Lipinski definition) is 6. The minimum Gasteiger partial charge on any atom is -0.475 e. The monoisotopic (exact) mass is 482 g/mol. The van der Waals surface area contributed by atoms with Crippen molar-refractivity contribution < 1.29 is 36.8 Å². The van der Waals surface area contributed by atoms with E-state index in [9.17, 15) is 22.4 Å². The van der Waals surface area contributed by atoms with Crippen LogP contribution in [0.15, 0.2) is 59.5 Å². The van der Waals surface area contributed by atoms with E-state index in [1.807, 2.05) is 19.1 Å². The van der Waals surface area contributed by atoms with E-state index in [1.54, 1.807) is 30.5 Å². The number of Topliss-reactive ketones (excluding diaryl/α,β-unsaturated/α-hetero) is 1. The first-order chi connectivity index (χ1) is 15.9. The van der Waals surface area contributed by atoms with Gasteiger partial charge in [-0.2, -0.15) is 13.2 Å². The molecule has 3 rings (SSSR count). The highest BCUT2D eigenvalue weighted by Crippen LogP contribution is 2.25. The van der Waals surface area contributed by atoms with Gasteiger partial charge in [-0.3, -0.25) is 4.79 Å². The number of nitrogens with two attached hydrogens (primary N) is 1. The summed E-state index contributed by atoms with van der Waals surface area (Å²) in [6, 6.07) is 8.02. The van der Waals surface area contributed by atoms with Crippen LogP contribution < -0.4 is 5.73 Å². The molecule has 0 fully saturated rings. The van der Waals surface area contributed by atoms with E-state index in [-0.39, 0.29) is 11.6 Å². The summed E-state index contributed by atoms with van der Waals surface area (Å²) in [5, 5.41) is 10.7. The number of carboxylic acids is 1. The second kappa shape index (κ2) is 11.4. The van der Waals surface area contributed by atoms with Crippen LogP contribution >= 0.6 is 0 Å². The number of aromatic nitrogens is 3. The second-order valence-electron chi connectivity index (χ2n) is 7.36. The van der Waals surface area contributed by atoms with Crippen molar-refractivity contribution in [2.24, 2.45) is 5.73 Å². The molecule has 8 nitrogen and oxygen atoms in total. The number of hydrogen-bond donors (Lipinski definition) is 3. The minimum absolute atomic E-state index is 0.0653. The van der Waals surface area contributed by atoms with Crippen LogP contribution in [0, 0.1) is 5.82 Å². The van der Waals surface area contributed by atoms with Crippen molar-refractivity contribution in [1.82, 2.24) is 15.1 Å². The first-order valence-corrected chi connectivity index (χ1v) is 9.90. The van der Waals surface area contributed by atoms with E-state index < -0.39 is 17.7 Å². The number of halogens is 4. The fourth-order valence-corrected chi connectivity index (χ4v) is 2.66. The zero-order chi connectivity index (χ0) is 25.4. The van der Waals surface area contributed by atoms with Crippen LogP contribution in [0.2, 0.25) is 0 Å². The lowest BCUT2D eigenvalue weighted by Gasteiger charge is -2.20. The van der Waals surface area contributed by atoms with E-state index in [2.05, 4.69) is 19.6 Å². The van der Waals surface area contributed by atoms with Gasteiger partial charge in [-0.05, 0) is 31.9 Å². The molecule has 0 saturated carbocycles. The molecule has 182 valence electrons. The van der Waals surface area contributed by atoms with Crippen molar-refractivity contribution in [3.8, 4) is 11.3 Å². The maximum atomic E-state index is 13.9. The Morgan fingerprint density at radius 1 is 1.21 bits per heavy atom. The van der Waals surface area contributed by atoms with Gasteiger partial charge in [-0.25, -0.2) is 14.2 Å². The first-order valence-electron chi connectivity index (χ1n) is 9.90. The largest absolute Gasteiger partial charge is 0.490 e. The fourth-order valence-electron chi connectivity index (χ4n) is 2.66. The molecule has 0 aliphatic rings. The molecule has 0 radical (unpaired) electrons. The molecule has 1 atom stereocenters. The molecule has 0 saturated heterocycles. The van der Waals surface area contributed by atoms with E-state index in [4.69, 9.17) is 15.6 Å². The van der Waals surface area contributed by atoms with E-state index in [0.717, 1.165) is 0 Å². The van der Waals surface area contributed by atoms with Gasteiger partial charge >= 0.3 is 12.1 Å². The SMILES string of the molecule is C[C@](N)(C/C=C/CCC(=O)c1ccon1)c1nc(-c2ccccc2F)c[nH]1.O=C(O)C(F)(F)F. The van der Waals surface area contributed by atoms with Crippen molar-refractivity contribution in [2.75, 3.05) is 0 Å². The molecule has 2 heterocycles. The van der Waals surface area contributed by atoms with Crippen molar-refractivity contribution >= 4 is 11.8 Å². The number of nitrogens with one attached hydrogen (secondary N) is 1. The Balaban J connectivity index is 0.000000509. The van der Waals surface area contributed by atoms with Gasteiger partial charge in [-0.15, -0.1) is 0 Å². The number of H-pyrrole nitrogens is 1. The smallest absolute Gasteiger partial charge is 0.475 e. The molecule has 3 aromatic rings. The van der Waals surface area contributed by atoms with Gasteiger partial charge in [0.1, 0.15) is 23.6 Å². The summed E-state index contributed by atoms with van der Waals surface area (Å²) in [6.07, 6.45) is 3.23. The molecule has 2 aromatic heterocycles. The molecule has 0 bridgehead atoms. The molecule has 4 N–H and O–H groups in total. The summed E-state index contributed by atoms with van der Waals surface area (Å²) >= 11 is 0. The van der Waals surface area contributed by atoms with Crippen LogP contribution in [0.5, 0.6) is 0 Å². The average Bonchev–Trinajstić information content (AvgIpc) is 3.46. The topological polar surface area (TPSA) is 135 Å². The van der Waals surface area contributed by atoms with Crippen LogP contribution in [-0.4, -0.2) is 38.2 Å². The highest BCUT2D eigenvalue weighted by molar-refractivity contribution is 5.93. The Labute approximate surface area is 191 Å². The summed E-state index contributed by atoms with van der Waals surface area (Å²) in [5.74, 6) is -2.58. The molecule has 0 aliphatic heterocycles. The lowest BCUT2D eigenvalue weighted by atomic mass is 9.98. The molecule has 1 aromatic carbocycles. The molecule has 0 unspecified atom stereocenters. The first kappa shape index (κ1) is 26.5. The number of imidazole rings is 1. The Kier molecular flexibility index (Phi) is 8.84. The van der Waals surface area contributed by atoms with Crippen LogP contribution in [0.1, 0.15) is 42.5 Å². The number of ketones is 1. The third kappa shape index (κ3) is 7.66. The van der Waals surface area contributed by atoms with Crippen molar-refractivity contribution in [3.63, 3.8) is 0 Å². The van der Waals surface area contributed by atoms with Crippen LogP contribution in [-0.2, 0) is 10.3 Å². The Morgan fingerprint density at radius 3 is 2.47 bits per heavy atom. The van der Waals surface area contributed by atoms with Crippen LogP contribution in [0.4, 0.5) is 17.6 Å². The normalized spacial score (nSPS) is 13.2. The minimum atomic E-state index is -5.08. The fraction of sp³-hybridized carbons (Fsp3) is 0.273. The third-order valence-electron chi connectivity index (χ3n) is 4.48. The van der Waals surface area contributed by atoms with Crippen molar-refractivity contribution in [3.05, 3.63) is 72.3 Å². The van der Waals surface area contributed by atoms with Crippen LogP contribution in [0.3, 0.4) is 0 Å². The number of allylic oxidation sites excluding steroid dienone is 1. The third-order valence-corrected chi connectivity index (χ3v) is 4.48. The van der Waals surface area contributed by atoms with E-state index in [1.165, 1.54) is 12.3 Å². The zero-order valence-electron chi connectivity index (χ0n) is 18.0. The second-order valence-corrected chi connectivity index (χ2v) is 7.36. The maximum Gasteiger partial charge on any atom is 0.490 e. The van der Waals surface area contributed by atoms with Gasteiger partial charge < -0.3 is 20.3 Å². The molecular formula is C22H22F4N4O4. The van der Waals surface area contributed by atoms with E-state index in [0.29, 0.717) is 42.0 Å². The van der Waals surface area contributed by atoms with Gasteiger partial charge in [0.05, 0.1) is 11.2 Å². The molecule has 0 amide bonds. The van der Waals surface area contributed by atoms with Crippen molar-refractivity contribution in [2.45, 2.75) is 37.9 Å². The number of aromatic amines is 1. The highest BCUT2D eigenvalue weighted by Gasteiger charge is 2.38. The van der Waals surface area contributed by atoms with Gasteiger partial charge in [0.25, 0.3) is 0 Å². The molecule has 0 spiro atoms. The summed E-state index contributed by atoms with van der Waals surface area (Å²) in [7, 11) is 0. The number of alkyl halides is 3. The van der Waals surface area contributed by atoms with Crippen molar-refractivity contribution in [1.29, 1.82) is 0 Å². The predicted octanol–water partition coefficient (Wildman–Crippen LogP) is 4.62. The zero-order valence-corrected chi connectivity index (χ0v) is 18.0.